The van der Waals surface area contributed by atoms with E-state index in [2.05, 4.69) is 0 Å². The van der Waals surface area contributed by atoms with Crippen LogP contribution in [0.3, 0.4) is 0 Å². The number of carbonyl (C=O) groups is 2. The first-order valence-electron chi connectivity index (χ1n) is 6.14. The maximum atomic E-state index is 11.8. The number of aryl methyl sites for hydroxylation is 1. The highest BCUT2D eigenvalue weighted by molar-refractivity contribution is 5.94. The third kappa shape index (κ3) is 2.38. The molecule has 0 aromatic heterocycles. The fourth-order valence-electron chi connectivity index (χ4n) is 2.26. The number of rotatable bonds is 3. The molecule has 0 unspecified atom stereocenters. The number of amides is 1. The van der Waals surface area contributed by atoms with E-state index in [9.17, 15) is 9.59 Å². The van der Waals surface area contributed by atoms with Crippen LogP contribution in [-0.2, 0) is 11.2 Å². The molecule has 17 heavy (non-hydrogen) atoms. The Hall–Kier alpha value is -1.64. The van der Waals surface area contributed by atoms with Crippen molar-refractivity contribution in [3.05, 3.63) is 29.3 Å². The van der Waals surface area contributed by atoms with Crippen LogP contribution in [-0.4, -0.2) is 18.7 Å². The van der Waals surface area contributed by atoms with E-state index < -0.39 is 0 Å². The van der Waals surface area contributed by atoms with Crippen LogP contribution < -0.4 is 4.90 Å². The summed E-state index contributed by atoms with van der Waals surface area (Å²) < 4.78 is 0. The van der Waals surface area contributed by atoms with E-state index in [1.807, 2.05) is 30.0 Å². The molecule has 2 rings (SSSR count). The van der Waals surface area contributed by atoms with Crippen molar-refractivity contribution in [1.82, 2.24) is 0 Å². The molecule has 0 radical (unpaired) electrons. The summed E-state index contributed by atoms with van der Waals surface area (Å²) in [6, 6.07) is 5.64. The van der Waals surface area contributed by atoms with E-state index in [0.717, 1.165) is 48.9 Å². The highest BCUT2D eigenvalue weighted by atomic mass is 16.2. The number of aldehydes is 1. The topological polar surface area (TPSA) is 37.4 Å². The second kappa shape index (κ2) is 5.13. The van der Waals surface area contributed by atoms with Gasteiger partial charge in [0.2, 0.25) is 5.91 Å². The van der Waals surface area contributed by atoms with Crippen LogP contribution >= 0.6 is 0 Å². The lowest BCUT2D eigenvalue weighted by atomic mass is 10.0. The molecule has 0 atom stereocenters. The van der Waals surface area contributed by atoms with Crippen molar-refractivity contribution in [1.29, 1.82) is 0 Å². The minimum absolute atomic E-state index is 0.192. The number of anilines is 1. The van der Waals surface area contributed by atoms with Crippen LogP contribution in [0.1, 0.15) is 42.1 Å². The molecule has 3 heteroatoms. The lowest BCUT2D eigenvalue weighted by molar-refractivity contribution is -0.119. The molecule has 1 aromatic rings. The molecule has 0 saturated carbocycles. The Morgan fingerprint density at radius 3 is 2.82 bits per heavy atom. The highest BCUT2D eigenvalue weighted by Gasteiger charge is 2.19. The summed E-state index contributed by atoms with van der Waals surface area (Å²) in [6.07, 6.45) is 4.37. The van der Waals surface area contributed by atoms with Gasteiger partial charge in [0.25, 0.3) is 0 Å². The Bertz CT molecular complexity index is 440. The Balaban J connectivity index is 2.32. The van der Waals surface area contributed by atoms with Gasteiger partial charge >= 0.3 is 0 Å². The van der Waals surface area contributed by atoms with Gasteiger partial charge in [-0.1, -0.05) is 6.92 Å². The second-order valence-corrected chi connectivity index (χ2v) is 4.36. The lowest BCUT2D eigenvalue weighted by Crippen LogP contribution is -2.35. The fraction of sp³-hybridized carbons (Fsp3) is 0.429. The molecule has 1 saturated heterocycles. The molecular weight excluding hydrogens is 214 g/mol. The summed E-state index contributed by atoms with van der Waals surface area (Å²) >= 11 is 0. The molecule has 1 amide bonds. The molecule has 0 spiro atoms. The van der Waals surface area contributed by atoms with Gasteiger partial charge in [-0.2, -0.15) is 0 Å². The Morgan fingerprint density at radius 1 is 1.35 bits per heavy atom. The normalized spacial score (nSPS) is 16.1. The van der Waals surface area contributed by atoms with Gasteiger partial charge in [0, 0.05) is 24.2 Å². The molecule has 1 aromatic carbocycles. The zero-order valence-corrected chi connectivity index (χ0v) is 10.1. The maximum absolute atomic E-state index is 11.8. The van der Waals surface area contributed by atoms with Gasteiger partial charge in [0.1, 0.15) is 6.29 Å². The van der Waals surface area contributed by atoms with E-state index in [1.165, 1.54) is 0 Å². The monoisotopic (exact) mass is 231 g/mol. The summed E-state index contributed by atoms with van der Waals surface area (Å²) in [5.74, 6) is 0.192. The van der Waals surface area contributed by atoms with Crippen molar-refractivity contribution in [2.24, 2.45) is 0 Å². The van der Waals surface area contributed by atoms with Gasteiger partial charge in [0.15, 0.2) is 0 Å². The van der Waals surface area contributed by atoms with Crippen molar-refractivity contribution in [2.75, 3.05) is 11.4 Å². The predicted octanol–water partition coefficient (Wildman–Crippen LogP) is 2.58. The van der Waals surface area contributed by atoms with Crippen LogP contribution in [0.2, 0.25) is 0 Å². The van der Waals surface area contributed by atoms with Gasteiger partial charge in [-0.05, 0) is 43.0 Å². The molecular formula is C14H17NO2. The smallest absolute Gasteiger partial charge is 0.226 e. The lowest BCUT2D eigenvalue weighted by Gasteiger charge is -2.27. The number of hydrogen-bond donors (Lipinski definition) is 0. The van der Waals surface area contributed by atoms with E-state index >= 15 is 0 Å². The molecule has 1 fully saturated rings. The maximum Gasteiger partial charge on any atom is 0.226 e. The standard InChI is InChI=1S/C14H17NO2/c1-2-11-9-13(7-6-12(11)10-16)15-8-4-3-5-14(15)17/h6-7,9-10H,2-5,8H2,1H3. The van der Waals surface area contributed by atoms with Crippen LogP contribution in [0.25, 0.3) is 0 Å². The first-order valence-corrected chi connectivity index (χ1v) is 6.14. The molecule has 1 aliphatic heterocycles. The van der Waals surface area contributed by atoms with Crippen molar-refractivity contribution in [3.8, 4) is 0 Å². The van der Waals surface area contributed by atoms with E-state index in [0.29, 0.717) is 6.42 Å². The molecule has 0 bridgehead atoms. The average molecular weight is 231 g/mol. The van der Waals surface area contributed by atoms with Crippen molar-refractivity contribution in [2.45, 2.75) is 32.6 Å². The van der Waals surface area contributed by atoms with Crippen LogP contribution in [0, 0.1) is 0 Å². The van der Waals surface area contributed by atoms with Crippen molar-refractivity contribution in [3.63, 3.8) is 0 Å². The number of nitrogens with zero attached hydrogens (tertiary/aromatic N) is 1. The van der Waals surface area contributed by atoms with E-state index in [4.69, 9.17) is 0 Å². The van der Waals surface area contributed by atoms with Gasteiger partial charge in [-0.25, -0.2) is 0 Å². The number of piperidine rings is 1. The zero-order chi connectivity index (χ0) is 12.3. The summed E-state index contributed by atoms with van der Waals surface area (Å²) in [5, 5.41) is 0. The zero-order valence-electron chi connectivity index (χ0n) is 10.1. The number of carbonyl (C=O) groups excluding carboxylic acids is 2. The predicted molar refractivity (Wildman–Crippen MR) is 67.4 cm³/mol. The molecule has 90 valence electrons. The van der Waals surface area contributed by atoms with Gasteiger partial charge < -0.3 is 4.90 Å². The Labute approximate surface area is 101 Å². The minimum atomic E-state index is 0.192. The van der Waals surface area contributed by atoms with Crippen LogP contribution in [0.5, 0.6) is 0 Å². The average Bonchev–Trinajstić information content (AvgIpc) is 2.38. The quantitative estimate of drug-likeness (QED) is 0.750. The summed E-state index contributed by atoms with van der Waals surface area (Å²) in [4.78, 5) is 24.5. The van der Waals surface area contributed by atoms with Crippen LogP contribution in [0.4, 0.5) is 5.69 Å². The van der Waals surface area contributed by atoms with E-state index in [-0.39, 0.29) is 5.91 Å². The third-order valence-corrected chi connectivity index (χ3v) is 3.27. The minimum Gasteiger partial charge on any atom is -0.312 e. The SMILES string of the molecule is CCc1cc(N2CCCCC2=O)ccc1C=O. The molecule has 0 aliphatic carbocycles. The Morgan fingerprint density at radius 2 is 2.18 bits per heavy atom. The molecule has 0 N–H and O–H groups in total. The third-order valence-electron chi connectivity index (χ3n) is 3.27. The fourth-order valence-corrected chi connectivity index (χ4v) is 2.26. The highest BCUT2D eigenvalue weighted by Crippen LogP contribution is 2.23. The molecule has 1 heterocycles. The first-order chi connectivity index (χ1) is 8.26. The molecule has 3 nitrogen and oxygen atoms in total. The number of benzene rings is 1. The first kappa shape index (κ1) is 11.8. The largest absolute Gasteiger partial charge is 0.312 e. The van der Waals surface area contributed by atoms with Gasteiger partial charge in [-0.15, -0.1) is 0 Å². The molecule has 1 aliphatic rings. The summed E-state index contributed by atoms with van der Waals surface area (Å²) in [5.41, 5.74) is 2.66. The summed E-state index contributed by atoms with van der Waals surface area (Å²) in [6.45, 7) is 2.81. The summed E-state index contributed by atoms with van der Waals surface area (Å²) in [7, 11) is 0. The van der Waals surface area contributed by atoms with Crippen molar-refractivity contribution < 1.29 is 9.59 Å². The number of hydrogen-bond acceptors (Lipinski definition) is 2. The van der Waals surface area contributed by atoms with E-state index in [1.54, 1.807) is 0 Å². The van der Waals surface area contributed by atoms with Crippen molar-refractivity contribution >= 4 is 17.9 Å². The Kier molecular flexibility index (Phi) is 3.57. The van der Waals surface area contributed by atoms with Gasteiger partial charge in [-0.3, -0.25) is 9.59 Å². The van der Waals surface area contributed by atoms with Crippen LogP contribution in [0.15, 0.2) is 18.2 Å². The second-order valence-electron chi connectivity index (χ2n) is 4.36. The van der Waals surface area contributed by atoms with Gasteiger partial charge in [0.05, 0.1) is 0 Å².